The fourth-order valence-corrected chi connectivity index (χ4v) is 8.26. The summed E-state index contributed by atoms with van der Waals surface area (Å²) in [4.78, 5) is 51.4. The third-order valence-electron chi connectivity index (χ3n) is 8.96. The van der Waals surface area contributed by atoms with Crippen LogP contribution >= 0.6 is 0 Å². The van der Waals surface area contributed by atoms with E-state index in [1.807, 2.05) is 0 Å². The first-order chi connectivity index (χ1) is 13.5. The fraction of sp³-hybridized carbons (Fsp3) is 0.818. The molecule has 10 atom stereocenters. The first-order valence-electron chi connectivity index (χ1n) is 10.7. The van der Waals surface area contributed by atoms with Crippen molar-refractivity contribution < 1.29 is 28.7 Å². The van der Waals surface area contributed by atoms with Crippen LogP contribution in [-0.2, 0) is 28.7 Å². The summed E-state index contributed by atoms with van der Waals surface area (Å²) in [7, 11) is 2.69. The van der Waals surface area contributed by atoms with Crippen molar-refractivity contribution in [3.63, 3.8) is 0 Å². The summed E-state index contributed by atoms with van der Waals surface area (Å²) >= 11 is 0. The second-order valence-corrected chi connectivity index (χ2v) is 9.63. The molecular weight excluding hydrogens is 360 g/mol. The fourth-order valence-electron chi connectivity index (χ4n) is 8.26. The van der Waals surface area contributed by atoms with Crippen LogP contribution in [0.2, 0.25) is 0 Å². The minimum atomic E-state index is -0.673. The average molecular weight is 388 g/mol. The lowest BCUT2D eigenvalue weighted by Gasteiger charge is -2.47. The van der Waals surface area contributed by atoms with E-state index >= 15 is 0 Å². The molecule has 0 radical (unpaired) electrons. The van der Waals surface area contributed by atoms with Crippen molar-refractivity contribution in [3.05, 3.63) is 0 Å². The zero-order valence-electron chi connectivity index (χ0n) is 16.5. The molecule has 152 valence electrons. The molecule has 0 saturated heterocycles. The Morgan fingerprint density at radius 3 is 1.50 bits per heavy atom. The molecule has 0 N–H and O–H groups in total. The summed E-state index contributed by atoms with van der Waals surface area (Å²) in [6.45, 7) is 0. The summed E-state index contributed by atoms with van der Waals surface area (Å²) in [5.41, 5.74) is 0. The molecule has 5 aliphatic rings. The van der Waals surface area contributed by atoms with E-state index in [0.717, 1.165) is 25.7 Å². The van der Waals surface area contributed by atoms with E-state index in [1.165, 1.54) is 14.2 Å². The highest BCUT2D eigenvalue weighted by molar-refractivity contribution is 5.89. The van der Waals surface area contributed by atoms with Crippen LogP contribution in [0.1, 0.15) is 38.5 Å². The van der Waals surface area contributed by atoms with Crippen LogP contribution in [0.15, 0.2) is 0 Å². The molecule has 0 spiro atoms. The Morgan fingerprint density at radius 1 is 0.750 bits per heavy atom. The number of rotatable bonds is 2. The van der Waals surface area contributed by atoms with E-state index in [0.29, 0.717) is 24.7 Å². The number of ketones is 2. The van der Waals surface area contributed by atoms with Crippen LogP contribution in [-0.4, -0.2) is 37.7 Å². The van der Waals surface area contributed by atoms with Crippen LogP contribution in [0.4, 0.5) is 0 Å². The molecule has 0 unspecified atom stereocenters. The lowest BCUT2D eigenvalue weighted by molar-refractivity contribution is -0.173. The molecule has 0 amide bonds. The number of hydrogen-bond donors (Lipinski definition) is 0. The smallest absolute Gasteiger partial charge is 0.309 e. The topological polar surface area (TPSA) is 86.7 Å². The molecule has 6 nitrogen and oxygen atoms in total. The molecule has 0 aliphatic heterocycles. The highest BCUT2D eigenvalue weighted by Crippen LogP contribution is 2.67. The van der Waals surface area contributed by atoms with Crippen molar-refractivity contribution in [2.45, 2.75) is 38.5 Å². The van der Waals surface area contributed by atoms with Crippen molar-refractivity contribution in [1.82, 2.24) is 0 Å². The van der Waals surface area contributed by atoms with Gasteiger partial charge >= 0.3 is 11.9 Å². The Labute approximate surface area is 164 Å². The van der Waals surface area contributed by atoms with Gasteiger partial charge in [-0.15, -0.1) is 0 Å². The SMILES string of the molecule is COC(=O)[C@H]1[C@H](C(=O)OC)[C@H]2[C@H](C[C@H]3CCC(=O)[C@H]32)[C@H]2C[C@H]3CCC(=O)[C@H]3[C@H]21. The number of methoxy groups -OCH3 is 2. The van der Waals surface area contributed by atoms with Crippen molar-refractivity contribution in [3.8, 4) is 0 Å². The minimum Gasteiger partial charge on any atom is -0.469 e. The molecule has 0 heterocycles. The molecule has 5 fully saturated rings. The van der Waals surface area contributed by atoms with Gasteiger partial charge in [0.15, 0.2) is 0 Å². The highest BCUT2D eigenvalue weighted by atomic mass is 16.5. The summed E-state index contributed by atoms with van der Waals surface area (Å²) in [5.74, 6) is -1.20. The normalized spacial score (nSPS) is 48.6. The number of Topliss-reactive ketones (excluding diaryl/α,β-unsaturated/α-hetero) is 2. The average Bonchev–Trinajstić information content (AvgIpc) is 3.42. The standard InChI is InChI=1S/C22H28O6/c1-27-21(25)19-17-11(7-9-3-5-13(23)15(9)17)12-8-10-4-6-14(24)16(10)18(12)20(19)22(26)28-2/h9-12,15-20H,3-8H2,1-2H3/t9-,10-,11-,12-,15+,16+,17+,18+,19-,20-/m1/s1. The van der Waals surface area contributed by atoms with Crippen LogP contribution < -0.4 is 0 Å². The van der Waals surface area contributed by atoms with Gasteiger partial charge in [0.25, 0.3) is 0 Å². The summed E-state index contributed by atoms with van der Waals surface area (Å²) in [5, 5.41) is 0. The van der Waals surface area contributed by atoms with Gasteiger partial charge in [-0.3, -0.25) is 19.2 Å². The Hall–Kier alpha value is -1.72. The first-order valence-corrected chi connectivity index (χ1v) is 10.7. The number of ether oxygens (including phenoxy) is 2. The largest absolute Gasteiger partial charge is 0.469 e. The Morgan fingerprint density at radius 2 is 1.14 bits per heavy atom. The summed E-state index contributed by atoms with van der Waals surface area (Å²) < 4.78 is 10.3. The van der Waals surface area contributed by atoms with Gasteiger partial charge in [-0.1, -0.05) is 0 Å². The monoisotopic (exact) mass is 388 g/mol. The van der Waals surface area contributed by atoms with Crippen LogP contribution in [0.5, 0.6) is 0 Å². The maximum absolute atomic E-state index is 13.0. The summed E-state index contributed by atoms with van der Waals surface area (Å²) in [6, 6.07) is 0. The van der Waals surface area contributed by atoms with Crippen molar-refractivity contribution in [2.24, 2.45) is 59.2 Å². The second kappa shape index (κ2) is 6.39. The Kier molecular flexibility index (Phi) is 4.18. The number of fused-ring (bicyclic) bond motifs is 7. The molecule has 6 heteroatoms. The summed E-state index contributed by atoms with van der Waals surface area (Å²) in [6.07, 6.45) is 4.81. The number of esters is 2. The van der Waals surface area contributed by atoms with E-state index in [1.54, 1.807) is 0 Å². The van der Waals surface area contributed by atoms with Gasteiger partial charge < -0.3 is 9.47 Å². The third kappa shape index (κ3) is 2.26. The van der Waals surface area contributed by atoms with Gasteiger partial charge in [-0.05, 0) is 61.2 Å². The van der Waals surface area contributed by atoms with Gasteiger partial charge in [0.2, 0.25) is 0 Å². The van der Waals surface area contributed by atoms with E-state index in [-0.39, 0.29) is 47.1 Å². The third-order valence-corrected chi connectivity index (χ3v) is 8.96. The molecular formula is C22H28O6. The number of hydrogen-bond acceptors (Lipinski definition) is 6. The van der Waals surface area contributed by atoms with Gasteiger partial charge in [0.1, 0.15) is 11.6 Å². The quantitative estimate of drug-likeness (QED) is 0.673. The molecule has 0 aromatic carbocycles. The van der Waals surface area contributed by atoms with Gasteiger partial charge in [0, 0.05) is 24.7 Å². The first kappa shape index (κ1) is 18.3. The zero-order valence-corrected chi connectivity index (χ0v) is 16.5. The number of carbonyl (C=O) groups is 4. The maximum atomic E-state index is 13.0. The lowest BCUT2D eigenvalue weighted by Crippen LogP contribution is -2.53. The van der Waals surface area contributed by atoms with E-state index in [4.69, 9.17) is 9.47 Å². The maximum Gasteiger partial charge on any atom is 0.309 e. The van der Waals surface area contributed by atoms with Crippen molar-refractivity contribution >= 4 is 23.5 Å². The van der Waals surface area contributed by atoms with E-state index in [2.05, 4.69) is 0 Å². The minimum absolute atomic E-state index is 0.140. The van der Waals surface area contributed by atoms with Crippen molar-refractivity contribution in [2.75, 3.05) is 14.2 Å². The van der Waals surface area contributed by atoms with Crippen LogP contribution in [0.25, 0.3) is 0 Å². The Balaban J connectivity index is 1.63. The van der Waals surface area contributed by atoms with E-state index < -0.39 is 23.8 Å². The number of carbonyl (C=O) groups excluding carboxylic acids is 4. The molecule has 28 heavy (non-hydrogen) atoms. The van der Waals surface area contributed by atoms with E-state index in [9.17, 15) is 19.2 Å². The zero-order chi connectivity index (χ0) is 19.7. The molecule has 0 aromatic heterocycles. The second-order valence-electron chi connectivity index (χ2n) is 9.63. The molecule has 0 bridgehead atoms. The molecule has 5 aliphatic carbocycles. The van der Waals surface area contributed by atoms with Crippen LogP contribution in [0, 0.1) is 59.2 Å². The van der Waals surface area contributed by atoms with Crippen molar-refractivity contribution in [1.29, 1.82) is 0 Å². The van der Waals surface area contributed by atoms with Gasteiger partial charge in [-0.2, -0.15) is 0 Å². The van der Waals surface area contributed by atoms with Gasteiger partial charge in [-0.25, -0.2) is 0 Å². The van der Waals surface area contributed by atoms with Crippen LogP contribution in [0.3, 0.4) is 0 Å². The van der Waals surface area contributed by atoms with Gasteiger partial charge in [0.05, 0.1) is 26.1 Å². The molecule has 5 saturated carbocycles. The highest BCUT2D eigenvalue weighted by Gasteiger charge is 2.68. The molecule has 5 rings (SSSR count). The lowest BCUT2D eigenvalue weighted by atomic mass is 9.55. The Bertz CT molecular complexity index is 681. The predicted molar refractivity (Wildman–Crippen MR) is 96.6 cm³/mol. The predicted octanol–water partition coefficient (Wildman–Crippen LogP) is 2.04. The molecule has 0 aromatic rings.